The van der Waals surface area contributed by atoms with Crippen LogP contribution in [0.1, 0.15) is 32.8 Å². The number of benzene rings is 1. The number of hydrogen-bond acceptors (Lipinski definition) is 3. The number of halogens is 1. The molecule has 1 atom stereocenters. The number of nitrogens with zero attached hydrogens (tertiary/aromatic N) is 1. The molecule has 1 aromatic carbocycles. The Kier molecular flexibility index (Phi) is 4.96. The fourth-order valence-electron chi connectivity index (χ4n) is 1.90. The molecule has 1 rings (SSSR count). The highest BCUT2D eigenvalue weighted by molar-refractivity contribution is 6.33. The van der Waals surface area contributed by atoms with E-state index in [4.69, 9.17) is 11.6 Å². The maximum absolute atomic E-state index is 10.8. The van der Waals surface area contributed by atoms with Crippen molar-refractivity contribution in [3.63, 3.8) is 0 Å². The van der Waals surface area contributed by atoms with Crippen LogP contribution in [0.4, 0.5) is 11.4 Å². The first kappa shape index (κ1) is 14.8. The summed E-state index contributed by atoms with van der Waals surface area (Å²) in [6, 6.07) is 3.49. The summed E-state index contributed by atoms with van der Waals surface area (Å²) < 4.78 is 0. The zero-order valence-electron chi connectivity index (χ0n) is 11.2. The first-order valence-electron chi connectivity index (χ1n) is 6.07. The Morgan fingerprint density at radius 3 is 2.50 bits per heavy atom. The first-order chi connectivity index (χ1) is 8.36. The van der Waals surface area contributed by atoms with Gasteiger partial charge >= 0.3 is 0 Å². The van der Waals surface area contributed by atoms with Gasteiger partial charge in [0.25, 0.3) is 5.69 Å². The third kappa shape index (κ3) is 3.35. The van der Waals surface area contributed by atoms with E-state index < -0.39 is 4.92 Å². The van der Waals surface area contributed by atoms with Crippen LogP contribution in [-0.2, 0) is 0 Å². The molecule has 1 N–H and O–H groups in total. The average molecular weight is 271 g/mol. The summed E-state index contributed by atoms with van der Waals surface area (Å²) in [4.78, 5) is 10.3. The Morgan fingerprint density at radius 1 is 1.44 bits per heavy atom. The SMILES string of the molecule is CCC(Nc1cc(Cl)c([N+](=O)[O-])cc1C)C(C)C. The lowest BCUT2D eigenvalue weighted by molar-refractivity contribution is -0.384. The molecule has 0 bridgehead atoms. The number of hydrogen-bond donors (Lipinski definition) is 1. The molecule has 1 aromatic rings. The molecule has 18 heavy (non-hydrogen) atoms. The number of anilines is 1. The predicted octanol–water partition coefficient (Wildman–Crippen LogP) is 4.40. The van der Waals surface area contributed by atoms with Gasteiger partial charge in [-0.3, -0.25) is 10.1 Å². The minimum atomic E-state index is -0.459. The molecule has 0 fully saturated rings. The highest BCUT2D eigenvalue weighted by Gasteiger charge is 2.17. The zero-order valence-corrected chi connectivity index (χ0v) is 11.9. The van der Waals surface area contributed by atoms with Crippen LogP contribution in [0.15, 0.2) is 12.1 Å². The van der Waals surface area contributed by atoms with Crippen LogP contribution >= 0.6 is 11.6 Å². The van der Waals surface area contributed by atoms with E-state index in [1.165, 1.54) is 6.07 Å². The zero-order chi connectivity index (χ0) is 13.9. The molecule has 0 aliphatic heterocycles. The van der Waals surface area contributed by atoms with Gasteiger partial charge in [0, 0.05) is 17.8 Å². The quantitative estimate of drug-likeness (QED) is 0.637. The molecular formula is C13H19ClN2O2. The van der Waals surface area contributed by atoms with Crippen molar-refractivity contribution >= 4 is 23.0 Å². The topological polar surface area (TPSA) is 55.2 Å². The Labute approximate surface area is 112 Å². The molecule has 0 aliphatic carbocycles. The van der Waals surface area contributed by atoms with E-state index in [1.54, 1.807) is 6.07 Å². The fraction of sp³-hybridized carbons (Fsp3) is 0.538. The summed E-state index contributed by atoms with van der Waals surface area (Å²) in [5, 5.41) is 14.3. The second kappa shape index (κ2) is 6.05. The molecule has 0 aromatic heterocycles. The number of nitro benzene ring substituents is 1. The van der Waals surface area contributed by atoms with Gasteiger partial charge in [-0.15, -0.1) is 0 Å². The van der Waals surface area contributed by atoms with Crippen molar-refractivity contribution < 1.29 is 4.92 Å². The molecule has 1 unspecified atom stereocenters. The van der Waals surface area contributed by atoms with Gasteiger partial charge in [0.1, 0.15) is 5.02 Å². The summed E-state index contributed by atoms with van der Waals surface area (Å²) in [5.74, 6) is 0.489. The Morgan fingerprint density at radius 2 is 2.06 bits per heavy atom. The number of nitrogens with one attached hydrogen (secondary N) is 1. The molecule has 0 spiro atoms. The van der Waals surface area contributed by atoms with Gasteiger partial charge in [0.05, 0.1) is 4.92 Å². The molecule has 0 saturated heterocycles. The van der Waals surface area contributed by atoms with Crippen LogP contribution in [0.3, 0.4) is 0 Å². The smallest absolute Gasteiger partial charge is 0.288 e. The molecule has 100 valence electrons. The molecular weight excluding hydrogens is 252 g/mol. The van der Waals surface area contributed by atoms with Gasteiger partial charge in [-0.05, 0) is 30.9 Å². The van der Waals surface area contributed by atoms with Crippen molar-refractivity contribution in [1.82, 2.24) is 0 Å². The van der Waals surface area contributed by atoms with E-state index in [0.717, 1.165) is 17.7 Å². The van der Waals surface area contributed by atoms with Crippen LogP contribution in [0.2, 0.25) is 5.02 Å². The van der Waals surface area contributed by atoms with Crippen molar-refractivity contribution in [2.45, 2.75) is 40.2 Å². The van der Waals surface area contributed by atoms with E-state index in [1.807, 2.05) is 6.92 Å². The molecule has 4 nitrogen and oxygen atoms in total. The Balaban J connectivity index is 3.04. The normalized spacial score (nSPS) is 12.6. The van der Waals surface area contributed by atoms with Crippen molar-refractivity contribution in [1.29, 1.82) is 0 Å². The number of rotatable bonds is 5. The summed E-state index contributed by atoms with van der Waals surface area (Å²) in [7, 11) is 0. The van der Waals surface area contributed by atoms with Gasteiger partial charge in [0.2, 0.25) is 0 Å². The molecule has 0 radical (unpaired) electrons. The molecule has 0 amide bonds. The Hall–Kier alpha value is -1.29. The largest absolute Gasteiger partial charge is 0.382 e. The minimum Gasteiger partial charge on any atom is -0.382 e. The van der Waals surface area contributed by atoms with Gasteiger partial charge in [-0.2, -0.15) is 0 Å². The van der Waals surface area contributed by atoms with Gasteiger partial charge in [-0.1, -0.05) is 32.4 Å². The van der Waals surface area contributed by atoms with Crippen LogP contribution < -0.4 is 5.32 Å². The summed E-state index contributed by atoms with van der Waals surface area (Å²) in [5.41, 5.74) is 1.66. The number of aryl methyl sites for hydroxylation is 1. The van der Waals surface area contributed by atoms with Crippen molar-refractivity contribution in [2.24, 2.45) is 5.92 Å². The van der Waals surface area contributed by atoms with E-state index >= 15 is 0 Å². The van der Waals surface area contributed by atoms with Crippen LogP contribution in [0, 0.1) is 23.0 Å². The Bertz CT molecular complexity index is 447. The van der Waals surface area contributed by atoms with E-state index in [-0.39, 0.29) is 10.7 Å². The van der Waals surface area contributed by atoms with Crippen LogP contribution in [0.5, 0.6) is 0 Å². The molecule has 0 saturated carbocycles. The highest BCUT2D eigenvalue weighted by atomic mass is 35.5. The molecule has 5 heteroatoms. The van der Waals surface area contributed by atoms with Crippen molar-refractivity contribution in [3.05, 3.63) is 32.8 Å². The van der Waals surface area contributed by atoms with E-state index in [2.05, 4.69) is 26.1 Å². The second-order valence-corrected chi connectivity index (χ2v) is 5.19. The third-order valence-electron chi connectivity index (χ3n) is 3.08. The molecule has 0 heterocycles. The summed E-state index contributed by atoms with van der Waals surface area (Å²) in [6.07, 6.45) is 0.992. The minimum absolute atomic E-state index is 0.0442. The van der Waals surface area contributed by atoms with Crippen LogP contribution in [0.25, 0.3) is 0 Å². The molecule has 0 aliphatic rings. The van der Waals surface area contributed by atoms with E-state index in [9.17, 15) is 10.1 Å². The highest BCUT2D eigenvalue weighted by Crippen LogP contribution is 2.31. The second-order valence-electron chi connectivity index (χ2n) is 4.78. The monoisotopic (exact) mass is 270 g/mol. The predicted molar refractivity (Wildman–Crippen MR) is 75.4 cm³/mol. The lowest BCUT2D eigenvalue weighted by atomic mass is 10.0. The lowest BCUT2D eigenvalue weighted by Gasteiger charge is -2.23. The standard InChI is InChI=1S/C13H19ClN2O2/c1-5-11(8(2)3)15-12-7-10(14)13(16(17)18)6-9(12)4/h6-8,11,15H,5H2,1-4H3. The summed E-state index contributed by atoms with van der Waals surface area (Å²) in [6.45, 7) is 8.24. The van der Waals surface area contributed by atoms with Crippen LogP contribution in [-0.4, -0.2) is 11.0 Å². The maximum atomic E-state index is 10.8. The lowest BCUT2D eigenvalue weighted by Crippen LogP contribution is -2.25. The first-order valence-corrected chi connectivity index (χ1v) is 6.45. The van der Waals surface area contributed by atoms with Crippen molar-refractivity contribution in [3.8, 4) is 0 Å². The summed E-state index contributed by atoms with van der Waals surface area (Å²) >= 11 is 5.92. The fourth-order valence-corrected chi connectivity index (χ4v) is 2.13. The average Bonchev–Trinajstić information content (AvgIpc) is 2.28. The van der Waals surface area contributed by atoms with Crippen molar-refractivity contribution in [2.75, 3.05) is 5.32 Å². The van der Waals surface area contributed by atoms with E-state index in [0.29, 0.717) is 12.0 Å². The number of nitro groups is 1. The van der Waals surface area contributed by atoms with Gasteiger partial charge in [-0.25, -0.2) is 0 Å². The van der Waals surface area contributed by atoms with Gasteiger partial charge in [0.15, 0.2) is 0 Å². The third-order valence-corrected chi connectivity index (χ3v) is 3.38. The maximum Gasteiger partial charge on any atom is 0.288 e. The van der Waals surface area contributed by atoms with Gasteiger partial charge < -0.3 is 5.32 Å².